The summed E-state index contributed by atoms with van der Waals surface area (Å²) < 4.78 is 5.45. The van der Waals surface area contributed by atoms with Crippen LogP contribution in [0.3, 0.4) is 0 Å². The first-order valence-electron chi connectivity index (χ1n) is 8.25. The Hall–Kier alpha value is -2.89. The highest BCUT2D eigenvalue weighted by Gasteiger charge is 2.31. The molecule has 1 N–H and O–H groups in total. The van der Waals surface area contributed by atoms with Gasteiger partial charge in [-0.05, 0) is 37.5 Å². The summed E-state index contributed by atoms with van der Waals surface area (Å²) in [5.41, 5.74) is 1.18. The van der Waals surface area contributed by atoms with Gasteiger partial charge in [-0.25, -0.2) is 4.79 Å². The monoisotopic (exact) mass is 340 g/mol. The van der Waals surface area contributed by atoms with E-state index >= 15 is 0 Å². The maximum Gasteiger partial charge on any atom is 0.335 e. The van der Waals surface area contributed by atoms with Crippen LogP contribution in [-0.4, -0.2) is 40.5 Å². The number of para-hydroxylation sites is 1. The van der Waals surface area contributed by atoms with Crippen LogP contribution in [-0.2, 0) is 0 Å². The van der Waals surface area contributed by atoms with Crippen LogP contribution in [0.2, 0.25) is 0 Å². The average molecular weight is 340 g/mol. The molecule has 1 aromatic carbocycles. The van der Waals surface area contributed by atoms with E-state index in [1.165, 1.54) is 18.3 Å². The normalized spacial score (nSPS) is 17.2. The molecule has 0 bridgehead atoms. The molecule has 0 aliphatic carbocycles. The first-order valence-corrected chi connectivity index (χ1v) is 8.25. The summed E-state index contributed by atoms with van der Waals surface area (Å²) in [4.78, 5) is 30.0. The van der Waals surface area contributed by atoms with Crippen molar-refractivity contribution in [1.82, 2.24) is 9.88 Å². The summed E-state index contributed by atoms with van der Waals surface area (Å²) >= 11 is 0. The standard InChI is InChI=1S/C19H20N2O4/c1-25-17-8-3-2-6-14(17)16-7-4-5-11-21(16)18(22)15-12-13(19(23)24)9-10-20-15/h2-3,6,8-10,12,16H,4-5,7,11H2,1H3,(H,23,24). The largest absolute Gasteiger partial charge is 0.496 e. The van der Waals surface area contributed by atoms with Crippen LogP contribution in [0.4, 0.5) is 0 Å². The molecule has 25 heavy (non-hydrogen) atoms. The molecule has 130 valence electrons. The number of aromatic nitrogens is 1. The molecular formula is C19H20N2O4. The fraction of sp³-hybridized carbons (Fsp3) is 0.316. The molecule has 1 atom stereocenters. The predicted octanol–water partition coefficient (Wildman–Crippen LogP) is 3.16. The molecule has 1 aliphatic rings. The van der Waals surface area contributed by atoms with Crippen LogP contribution in [0.1, 0.15) is 51.7 Å². The van der Waals surface area contributed by atoms with Gasteiger partial charge in [-0.3, -0.25) is 9.78 Å². The molecule has 1 fully saturated rings. The summed E-state index contributed by atoms with van der Waals surface area (Å²) in [6.07, 6.45) is 4.13. The molecule has 6 heteroatoms. The number of nitrogens with zero attached hydrogens (tertiary/aromatic N) is 2. The molecule has 6 nitrogen and oxygen atoms in total. The molecule has 1 aromatic heterocycles. The Balaban J connectivity index is 1.94. The number of carbonyl (C=O) groups excluding carboxylic acids is 1. The van der Waals surface area contributed by atoms with Gasteiger partial charge < -0.3 is 14.7 Å². The molecule has 3 rings (SSSR count). The van der Waals surface area contributed by atoms with Gasteiger partial charge in [0.1, 0.15) is 11.4 Å². The summed E-state index contributed by atoms with van der Waals surface area (Å²) in [5.74, 6) is -0.575. The summed E-state index contributed by atoms with van der Waals surface area (Å²) in [6, 6.07) is 10.3. The smallest absolute Gasteiger partial charge is 0.335 e. The van der Waals surface area contributed by atoms with Crippen LogP contribution in [0, 0.1) is 0 Å². The fourth-order valence-electron chi connectivity index (χ4n) is 3.27. The van der Waals surface area contributed by atoms with E-state index in [0.29, 0.717) is 6.54 Å². The molecule has 1 amide bonds. The van der Waals surface area contributed by atoms with Crippen LogP contribution in [0.5, 0.6) is 5.75 Å². The van der Waals surface area contributed by atoms with Crippen LogP contribution in [0.25, 0.3) is 0 Å². The number of hydrogen-bond donors (Lipinski definition) is 1. The lowest BCUT2D eigenvalue weighted by molar-refractivity contribution is 0.0602. The number of ether oxygens (including phenoxy) is 1. The SMILES string of the molecule is COc1ccccc1C1CCCCN1C(=O)c1cc(C(=O)O)ccn1. The zero-order chi connectivity index (χ0) is 17.8. The van der Waals surface area contributed by atoms with E-state index in [4.69, 9.17) is 9.84 Å². The second-order valence-electron chi connectivity index (χ2n) is 5.99. The molecule has 0 saturated carbocycles. The number of hydrogen-bond acceptors (Lipinski definition) is 4. The van der Waals surface area contributed by atoms with Gasteiger partial charge in [-0.1, -0.05) is 18.2 Å². The van der Waals surface area contributed by atoms with Crippen molar-refractivity contribution in [2.75, 3.05) is 13.7 Å². The minimum Gasteiger partial charge on any atom is -0.496 e. The first kappa shape index (κ1) is 17.0. The lowest BCUT2D eigenvalue weighted by Gasteiger charge is -2.36. The molecule has 1 unspecified atom stereocenters. The highest BCUT2D eigenvalue weighted by Crippen LogP contribution is 2.36. The number of carbonyl (C=O) groups is 2. The number of rotatable bonds is 4. The number of likely N-dealkylation sites (tertiary alicyclic amines) is 1. The van der Waals surface area contributed by atoms with Crippen molar-refractivity contribution in [3.05, 3.63) is 59.4 Å². The number of methoxy groups -OCH3 is 1. The van der Waals surface area contributed by atoms with Crippen molar-refractivity contribution in [1.29, 1.82) is 0 Å². The second kappa shape index (κ2) is 7.34. The van der Waals surface area contributed by atoms with Gasteiger partial charge in [0.2, 0.25) is 0 Å². The third kappa shape index (κ3) is 3.47. The molecule has 2 aromatic rings. The minimum absolute atomic E-state index is 0.0594. The Bertz CT molecular complexity index is 790. The topological polar surface area (TPSA) is 79.7 Å². The Morgan fingerprint density at radius 3 is 2.80 bits per heavy atom. The van der Waals surface area contributed by atoms with Gasteiger partial charge in [0.05, 0.1) is 18.7 Å². The quantitative estimate of drug-likeness (QED) is 0.925. The molecule has 1 saturated heterocycles. The van der Waals surface area contributed by atoms with E-state index in [9.17, 15) is 9.59 Å². The Morgan fingerprint density at radius 1 is 1.24 bits per heavy atom. The fourth-order valence-corrected chi connectivity index (χ4v) is 3.27. The number of pyridine rings is 1. The second-order valence-corrected chi connectivity index (χ2v) is 5.99. The molecular weight excluding hydrogens is 320 g/mol. The van der Waals surface area contributed by atoms with Gasteiger partial charge in [0.15, 0.2) is 0 Å². The number of aromatic carboxylic acids is 1. The van der Waals surface area contributed by atoms with Gasteiger partial charge >= 0.3 is 5.97 Å². The van der Waals surface area contributed by atoms with Crippen molar-refractivity contribution in [2.24, 2.45) is 0 Å². The third-order valence-electron chi connectivity index (χ3n) is 4.49. The summed E-state index contributed by atoms with van der Waals surface area (Å²) in [7, 11) is 1.62. The maximum absolute atomic E-state index is 13.0. The minimum atomic E-state index is -1.07. The number of carboxylic acids is 1. The van der Waals surface area contributed by atoms with Crippen molar-refractivity contribution in [3.8, 4) is 5.75 Å². The third-order valence-corrected chi connectivity index (χ3v) is 4.49. The molecule has 0 radical (unpaired) electrons. The van der Waals surface area contributed by atoms with Crippen molar-refractivity contribution >= 4 is 11.9 Å². The Morgan fingerprint density at radius 2 is 2.04 bits per heavy atom. The molecule has 2 heterocycles. The number of benzene rings is 1. The van der Waals surface area contributed by atoms with Crippen LogP contribution < -0.4 is 4.74 Å². The van der Waals surface area contributed by atoms with E-state index in [2.05, 4.69) is 4.98 Å². The summed E-state index contributed by atoms with van der Waals surface area (Å²) in [5, 5.41) is 9.13. The highest BCUT2D eigenvalue weighted by molar-refractivity contribution is 5.96. The van der Waals surface area contributed by atoms with E-state index in [1.807, 2.05) is 24.3 Å². The van der Waals surface area contributed by atoms with Gasteiger partial charge in [0, 0.05) is 18.3 Å². The maximum atomic E-state index is 13.0. The number of amides is 1. The van der Waals surface area contributed by atoms with Crippen LogP contribution >= 0.6 is 0 Å². The van der Waals surface area contributed by atoms with Gasteiger partial charge in [-0.2, -0.15) is 0 Å². The lowest BCUT2D eigenvalue weighted by atomic mass is 9.94. The van der Waals surface area contributed by atoms with E-state index in [0.717, 1.165) is 30.6 Å². The van der Waals surface area contributed by atoms with E-state index in [1.54, 1.807) is 12.0 Å². The first-order chi connectivity index (χ1) is 12.1. The van der Waals surface area contributed by atoms with E-state index in [-0.39, 0.29) is 23.2 Å². The Labute approximate surface area is 146 Å². The average Bonchev–Trinajstić information content (AvgIpc) is 2.67. The number of carboxylic acid groups (broad SMARTS) is 1. The number of piperidine rings is 1. The predicted molar refractivity (Wildman–Crippen MR) is 91.8 cm³/mol. The molecule has 1 aliphatic heterocycles. The highest BCUT2D eigenvalue weighted by atomic mass is 16.5. The van der Waals surface area contributed by atoms with Crippen molar-refractivity contribution < 1.29 is 19.4 Å². The Kier molecular flexibility index (Phi) is 4.97. The lowest BCUT2D eigenvalue weighted by Crippen LogP contribution is -2.39. The summed E-state index contributed by atoms with van der Waals surface area (Å²) in [6.45, 7) is 0.612. The van der Waals surface area contributed by atoms with Gasteiger partial charge in [-0.15, -0.1) is 0 Å². The van der Waals surface area contributed by atoms with Crippen molar-refractivity contribution in [3.63, 3.8) is 0 Å². The van der Waals surface area contributed by atoms with Crippen LogP contribution in [0.15, 0.2) is 42.6 Å². The molecule has 0 spiro atoms. The van der Waals surface area contributed by atoms with Gasteiger partial charge in [0.25, 0.3) is 5.91 Å². The van der Waals surface area contributed by atoms with E-state index < -0.39 is 5.97 Å². The zero-order valence-corrected chi connectivity index (χ0v) is 14.0. The van der Waals surface area contributed by atoms with Crippen molar-refractivity contribution in [2.45, 2.75) is 25.3 Å². The zero-order valence-electron chi connectivity index (χ0n) is 14.0.